The molecule has 4 aromatic rings. The maximum absolute atomic E-state index is 17.2. The summed E-state index contributed by atoms with van der Waals surface area (Å²) in [5, 5.41) is 9.27. The number of nitrogens with two attached hydrogens (primary N) is 1. The van der Waals surface area contributed by atoms with Crippen molar-refractivity contribution in [3.63, 3.8) is 0 Å². The van der Waals surface area contributed by atoms with Gasteiger partial charge in [0, 0.05) is 55.2 Å². The molecule has 4 atom stereocenters. The molecule has 2 aromatic heterocycles. The van der Waals surface area contributed by atoms with Gasteiger partial charge >= 0.3 is 12.2 Å². The second-order valence-electron chi connectivity index (χ2n) is 12.7. The summed E-state index contributed by atoms with van der Waals surface area (Å²) in [6.07, 6.45) is -2.84. The van der Waals surface area contributed by atoms with Crippen LogP contribution in [0.5, 0.6) is 6.01 Å². The van der Waals surface area contributed by atoms with Crippen LogP contribution >= 0.6 is 11.3 Å². The van der Waals surface area contributed by atoms with Gasteiger partial charge in [-0.1, -0.05) is 12.6 Å². The number of fused-ring (bicyclic) bond motifs is 2. The smallest absolute Gasteiger partial charge is 0.417 e. The number of hydrogen-bond donors (Lipinski definition) is 1. The molecule has 6 rings (SSSR count). The molecule has 2 aromatic carbocycles. The van der Waals surface area contributed by atoms with Gasteiger partial charge in [-0.25, -0.2) is 8.78 Å². The highest BCUT2D eigenvalue weighted by Crippen LogP contribution is 2.48. The van der Waals surface area contributed by atoms with Crippen LogP contribution in [0.25, 0.3) is 32.1 Å². The molecule has 1 amide bonds. The Labute approximate surface area is 294 Å². The highest BCUT2D eigenvalue weighted by molar-refractivity contribution is 7.23. The second-order valence-corrected chi connectivity index (χ2v) is 13.8. The number of aromatic nitrogens is 2. The van der Waals surface area contributed by atoms with E-state index in [4.69, 9.17) is 15.2 Å². The van der Waals surface area contributed by atoms with E-state index < -0.39 is 46.5 Å². The zero-order chi connectivity index (χ0) is 36.9. The quantitative estimate of drug-likeness (QED) is 0.155. The van der Waals surface area contributed by atoms with Gasteiger partial charge in [0.1, 0.15) is 34.8 Å². The SMILES string of the molecule is C=CC(=O)N1CC[C@@H](N(CC)c2nc(OC[C@@H]3C[C@@H](OC)CN3C)nc3c(F)c(-c4ccc(F)c5sc(N)c(C#N)c45)c(C(F)(F)F)cc23)[C@H]1C. The molecular weight excluding hydrogens is 693 g/mol. The first-order valence-corrected chi connectivity index (χ1v) is 17.1. The molecule has 2 fully saturated rings. The third-order valence-corrected chi connectivity index (χ3v) is 11.0. The summed E-state index contributed by atoms with van der Waals surface area (Å²) >= 11 is 0.689. The number of thiophene rings is 1. The van der Waals surface area contributed by atoms with Crippen LogP contribution in [0.1, 0.15) is 37.8 Å². The van der Waals surface area contributed by atoms with Gasteiger partial charge in [-0.05, 0) is 57.5 Å². The molecule has 0 bridgehead atoms. The topological polar surface area (TPSA) is 121 Å². The highest BCUT2D eigenvalue weighted by atomic mass is 32.1. The lowest BCUT2D eigenvalue weighted by molar-refractivity contribution is -0.137. The fourth-order valence-corrected chi connectivity index (χ4v) is 8.29. The molecule has 10 nitrogen and oxygen atoms in total. The van der Waals surface area contributed by atoms with E-state index in [-0.39, 0.29) is 74.6 Å². The number of methoxy groups -OCH3 is 1. The summed E-state index contributed by atoms with van der Waals surface area (Å²) in [7, 11) is 3.51. The number of amides is 1. The minimum Gasteiger partial charge on any atom is -0.462 e. The summed E-state index contributed by atoms with van der Waals surface area (Å²) < 4.78 is 88.7. The third kappa shape index (κ3) is 6.31. The van der Waals surface area contributed by atoms with Gasteiger partial charge in [0.15, 0.2) is 5.82 Å². The van der Waals surface area contributed by atoms with Crippen molar-refractivity contribution in [2.75, 3.05) is 51.0 Å². The third-order valence-electron chi connectivity index (χ3n) is 9.97. The van der Waals surface area contributed by atoms with Crippen LogP contribution in [-0.4, -0.2) is 90.3 Å². The maximum Gasteiger partial charge on any atom is 0.417 e. The van der Waals surface area contributed by atoms with Crippen LogP contribution in [-0.2, 0) is 15.7 Å². The number of nitrogen functional groups attached to an aromatic ring is 1. The van der Waals surface area contributed by atoms with Gasteiger partial charge in [-0.3, -0.25) is 9.69 Å². The number of ether oxygens (including phenoxy) is 2. The Balaban J connectivity index is 1.60. The predicted molar refractivity (Wildman–Crippen MR) is 185 cm³/mol. The maximum atomic E-state index is 17.2. The first-order chi connectivity index (χ1) is 24.2. The molecule has 2 saturated heterocycles. The molecule has 0 saturated carbocycles. The molecule has 2 aliphatic rings. The summed E-state index contributed by atoms with van der Waals surface area (Å²) in [5.41, 5.74) is 2.60. The van der Waals surface area contributed by atoms with Crippen molar-refractivity contribution >= 4 is 49.1 Å². The Morgan fingerprint density at radius 3 is 2.67 bits per heavy atom. The molecule has 270 valence electrons. The number of benzene rings is 2. The zero-order valence-electron chi connectivity index (χ0n) is 28.4. The van der Waals surface area contributed by atoms with Crippen molar-refractivity contribution in [3.05, 3.63) is 53.6 Å². The van der Waals surface area contributed by atoms with Crippen molar-refractivity contribution in [1.29, 1.82) is 5.26 Å². The number of carbonyl (C=O) groups is 1. The van der Waals surface area contributed by atoms with E-state index in [0.717, 1.165) is 18.2 Å². The lowest BCUT2D eigenvalue weighted by Gasteiger charge is -2.34. The molecule has 0 spiro atoms. The van der Waals surface area contributed by atoms with E-state index in [2.05, 4.69) is 16.5 Å². The van der Waals surface area contributed by atoms with Crippen LogP contribution in [0.3, 0.4) is 0 Å². The molecule has 0 aliphatic carbocycles. The predicted octanol–water partition coefficient (Wildman–Crippen LogP) is 6.36. The number of halogens is 5. The summed E-state index contributed by atoms with van der Waals surface area (Å²) in [6.45, 7) is 8.52. The first kappa shape index (κ1) is 36.2. The fourth-order valence-electron chi connectivity index (χ4n) is 7.34. The summed E-state index contributed by atoms with van der Waals surface area (Å²) in [4.78, 5) is 26.9. The van der Waals surface area contributed by atoms with Crippen molar-refractivity contribution in [1.82, 2.24) is 19.8 Å². The first-order valence-electron chi connectivity index (χ1n) is 16.3. The zero-order valence-corrected chi connectivity index (χ0v) is 29.2. The number of alkyl halides is 3. The van der Waals surface area contributed by atoms with E-state index in [1.807, 2.05) is 24.9 Å². The van der Waals surface area contributed by atoms with Crippen molar-refractivity contribution < 1.29 is 36.2 Å². The number of likely N-dealkylation sites (N-methyl/N-ethyl adjacent to an activating group) is 2. The van der Waals surface area contributed by atoms with E-state index >= 15 is 17.6 Å². The van der Waals surface area contributed by atoms with Crippen LogP contribution in [0.15, 0.2) is 30.9 Å². The molecule has 0 unspecified atom stereocenters. The Morgan fingerprint density at radius 1 is 1.29 bits per heavy atom. The van der Waals surface area contributed by atoms with Crippen molar-refractivity contribution in [2.24, 2.45) is 0 Å². The number of carbonyl (C=O) groups excluding carboxylic acids is 1. The van der Waals surface area contributed by atoms with Gasteiger partial charge in [-0.2, -0.15) is 28.4 Å². The van der Waals surface area contributed by atoms with Gasteiger partial charge in [0.05, 0.1) is 28.0 Å². The second kappa shape index (κ2) is 13.9. The highest BCUT2D eigenvalue weighted by Gasteiger charge is 2.41. The Bertz CT molecular complexity index is 2070. The van der Waals surface area contributed by atoms with Crippen LogP contribution in [0, 0.1) is 23.0 Å². The number of anilines is 2. The van der Waals surface area contributed by atoms with E-state index in [1.54, 1.807) is 23.8 Å². The van der Waals surface area contributed by atoms with Gasteiger partial charge in [-0.15, -0.1) is 11.3 Å². The minimum absolute atomic E-state index is 0.00510. The molecule has 0 radical (unpaired) electrons. The van der Waals surface area contributed by atoms with E-state index in [0.29, 0.717) is 37.3 Å². The molecule has 2 N–H and O–H groups in total. The normalized spacial score (nSPS) is 21.1. The average molecular weight is 730 g/mol. The minimum atomic E-state index is -5.11. The largest absolute Gasteiger partial charge is 0.462 e. The molecule has 4 heterocycles. The number of nitriles is 1. The van der Waals surface area contributed by atoms with Crippen molar-refractivity contribution in [2.45, 2.75) is 57.1 Å². The average Bonchev–Trinajstić information content (AvgIpc) is 3.77. The van der Waals surface area contributed by atoms with Gasteiger partial charge in [0.25, 0.3) is 0 Å². The molecule has 51 heavy (non-hydrogen) atoms. The lowest BCUT2D eigenvalue weighted by atomic mass is 9.92. The fraction of sp³-hybridized carbons (Fsp3) is 0.429. The summed E-state index contributed by atoms with van der Waals surface area (Å²) in [5.74, 6) is -2.47. The molecule has 2 aliphatic heterocycles. The Kier molecular flexibility index (Phi) is 9.83. The van der Waals surface area contributed by atoms with E-state index in [9.17, 15) is 14.4 Å². The van der Waals surface area contributed by atoms with E-state index in [1.165, 1.54) is 6.08 Å². The van der Waals surface area contributed by atoms with Gasteiger partial charge < -0.3 is 25.0 Å². The Hall–Kier alpha value is -4.59. The number of rotatable bonds is 9. The van der Waals surface area contributed by atoms with Crippen LogP contribution in [0.2, 0.25) is 0 Å². The van der Waals surface area contributed by atoms with Crippen LogP contribution in [0.4, 0.5) is 32.8 Å². The summed E-state index contributed by atoms with van der Waals surface area (Å²) in [6, 6.07) is 3.37. The number of nitrogens with zero attached hydrogens (tertiary/aromatic N) is 6. The molecule has 16 heteroatoms. The van der Waals surface area contributed by atoms with Gasteiger partial charge in [0.2, 0.25) is 5.91 Å². The lowest BCUT2D eigenvalue weighted by Crippen LogP contribution is -2.45. The standard InChI is InChI=1S/C35H36F5N7O3S/c1-6-26(48)47-11-10-25(17(47)3)46(7-2)33-21-13-23(35(38,39)40)28(20-8-9-24(36)31-27(20)22(14-41)32(42)51-31)29(37)30(21)43-34(44-33)50-16-18-12-19(49-5)15-45(18)4/h6,8-9,13,17-19,25H,1,7,10-12,15-16,42H2,2-5H3/t17-,18+,19-,25-/m1/s1. The van der Waals surface area contributed by atoms with Crippen molar-refractivity contribution in [3.8, 4) is 23.2 Å². The molecular formula is C35H36F5N7O3S. The number of likely N-dealkylation sites (tertiary alicyclic amines) is 2. The monoisotopic (exact) mass is 729 g/mol. The van der Waals surface area contributed by atoms with Crippen LogP contribution < -0.4 is 15.4 Å². The number of hydrogen-bond acceptors (Lipinski definition) is 10. The Morgan fingerprint density at radius 2 is 2.04 bits per heavy atom.